The first-order valence-electron chi connectivity index (χ1n) is 8.46. The number of carbonyl (C=O) groups is 1. The fraction of sp³-hybridized carbons (Fsp3) is 0.611. The molecule has 1 fully saturated rings. The number of anilines is 1. The lowest BCUT2D eigenvalue weighted by Crippen LogP contribution is -2.35. The summed E-state index contributed by atoms with van der Waals surface area (Å²) in [6.45, 7) is 7.73. The lowest BCUT2D eigenvalue weighted by Gasteiger charge is -2.30. The molecule has 1 aliphatic heterocycles. The molecule has 0 bridgehead atoms. The van der Waals surface area contributed by atoms with E-state index in [-0.39, 0.29) is 5.91 Å². The number of nitrogens with one attached hydrogen (secondary N) is 1. The monoisotopic (exact) mass is 303 g/mol. The zero-order valence-corrected chi connectivity index (χ0v) is 13.8. The number of rotatable bonds is 6. The molecule has 4 heteroatoms. The summed E-state index contributed by atoms with van der Waals surface area (Å²) < 4.78 is 0. The minimum atomic E-state index is -0.417. The van der Waals surface area contributed by atoms with Crippen LogP contribution in [0.3, 0.4) is 0 Å². The maximum Gasteiger partial charge on any atom is 0.241 e. The number of hydrogen-bond acceptors (Lipinski definition) is 3. The summed E-state index contributed by atoms with van der Waals surface area (Å²) in [5.74, 6) is 0.765. The minimum absolute atomic E-state index is 0.0976. The highest BCUT2D eigenvalue weighted by Crippen LogP contribution is 2.19. The summed E-state index contributed by atoms with van der Waals surface area (Å²) in [4.78, 5) is 14.4. The van der Waals surface area contributed by atoms with Crippen LogP contribution in [0.25, 0.3) is 0 Å². The Labute approximate surface area is 134 Å². The molecule has 1 saturated heterocycles. The Bertz CT molecular complexity index is 464. The number of benzene rings is 1. The molecule has 122 valence electrons. The van der Waals surface area contributed by atoms with Gasteiger partial charge in [-0.25, -0.2) is 0 Å². The highest BCUT2D eigenvalue weighted by Gasteiger charge is 2.16. The van der Waals surface area contributed by atoms with Gasteiger partial charge in [-0.05, 0) is 56.0 Å². The Hall–Kier alpha value is -1.39. The zero-order valence-electron chi connectivity index (χ0n) is 13.8. The standard InChI is InChI=1S/C18H29N3O/c1-3-4-17(19)18(22)20-16-7-5-15(6-8-16)13-21-11-9-14(2)10-12-21/h5-8,14,17H,3-4,9-13,19H2,1-2H3,(H,20,22). The molecule has 0 aromatic heterocycles. The molecule has 1 aliphatic rings. The van der Waals surface area contributed by atoms with Gasteiger partial charge in [-0.15, -0.1) is 0 Å². The Morgan fingerprint density at radius 3 is 2.55 bits per heavy atom. The third kappa shape index (κ3) is 5.11. The van der Waals surface area contributed by atoms with Crippen LogP contribution in [-0.4, -0.2) is 29.9 Å². The molecule has 0 aliphatic carbocycles. The molecule has 22 heavy (non-hydrogen) atoms. The van der Waals surface area contributed by atoms with Crippen LogP contribution < -0.4 is 11.1 Å². The molecule has 0 radical (unpaired) electrons. The second-order valence-corrected chi connectivity index (χ2v) is 6.54. The normalized spacial score (nSPS) is 18.1. The summed E-state index contributed by atoms with van der Waals surface area (Å²) >= 11 is 0. The van der Waals surface area contributed by atoms with Crippen LogP contribution >= 0.6 is 0 Å². The smallest absolute Gasteiger partial charge is 0.241 e. The van der Waals surface area contributed by atoms with E-state index in [0.717, 1.165) is 31.0 Å². The van der Waals surface area contributed by atoms with Crippen LogP contribution in [0.2, 0.25) is 0 Å². The van der Waals surface area contributed by atoms with E-state index in [1.807, 2.05) is 19.1 Å². The van der Waals surface area contributed by atoms with Gasteiger partial charge in [0, 0.05) is 12.2 Å². The Balaban J connectivity index is 1.83. The fourth-order valence-electron chi connectivity index (χ4n) is 2.85. The van der Waals surface area contributed by atoms with Crippen molar-refractivity contribution in [3.63, 3.8) is 0 Å². The predicted octanol–water partition coefficient (Wildman–Crippen LogP) is 2.98. The van der Waals surface area contributed by atoms with Gasteiger partial charge in [0.2, 0.25) is 5.91 Å². The second-order valence-electron chi connectivity index (χ2n) is 6.54. The van der Waals surface area contributed by atoms with Crippen molar-refractivity contribution in [2.24, 2.45) is 11.7 Å². The van der Waals surface area contributed by atoms with Crippen molar-refractivity contribution in [2.75, 3.05) is 18.4 Å². The number of hydrogen-bond donors (Lipinski definition) is 2. The number of amides is 1. The molecule has 4 nitrogen and oxygen atoms in total. The van der Waals surface area contributed by atoms with Gasteiger partial charge in [-0.3, -0.25) is 9.69 Å². The molecule has 1 unspecified atom stereocenters. The van der Waals surface area contributed by atoms with Crippen LogP contribution in [-0.2, 0) is 11.3 Å². The molecular weight excluding hydrogens is 274 g/mol. The molecule has 1 aromatic rings. The second kappa shape index (κ2) is 8.30. The first-order chi connectivity index (χ1) is 10.6. The van der Waals surface area contributed by atoms with E-state index in [1.165, 1.54) is 31.5 Å². The van der Waals surface area contributed by atoms with Gasteiger partial charge < -0.3 is 11.1 Å². The third-order valence-electron chi connectivity index (χ3n) is 4.44. The van der Waals surface area contributed by atoms with Gasteiger partial charge >= 0.3 is 0 Å². The van der Waals surface area contributed by atoms with Crippen LogP contribution in [0.5, 0.6) is 0 Å². The largest absolute Gasteiger partial charge is 0.325 e. The van der Waals surface area contributed by atoms with E-state index in [0.29, 0.717) is 0 Å². The molecule has 0 saturated carbocycles. The number of carbonyl (C=O) groups excluding carboxylic acids is 1. The SMILES string of the molecule is CCCC(N)C(=O)Nc1ccc(CN2CCC(C)CC2)cc1. The van der Waals surface area contributed by atoms with Crippen molar-refractivity contribution >= 4 is 11.6 Å². The molecular formula is C18H29N3O. The summed E-state index contributed by atoms with van der Waals surface area (Å²) in [6, 6.07) is 7.72. The number of nitrogens with zero attached hydrogens (tertiary/aromatic N) is 1. The first kappa shape index (κ1) is 17.0. The molecule has 1 aromatic carbocycles. The lowest BCUT2D eigenvalue weighted by atomic mass is 9.99. The van der Waals surface area contributed by atoms with Crippen molar-refractivity contribution in [3.8, 4) is 0 Å². The first-order valence-corrected chi connectivity index (χ1v) is 8.46. The lowest BCUT2D eigenvalue weighted by molar-refractivity contribution is -0.117. The Morgan fingerprint density at radius 1 is 1.32 bits per heavy atom. The van der Waals surface area contributed by atoms with Gasteiger partial charge in [-0.1, -0.05) is 32.4 Å². The average Bonchev–Trinajstić information content (AvgIpc) is 2.51. The predicted molar refractivity (Wildman–Crippen MR) is 91.6 cm³/mol. The van der Waals surface area contributed by atoms with Crippen LogP contribution in [0.4, 0.5) is 5.69 Å². The van der Waals surface area contributed by atoms with E-state index >= 15 is 0 Å². The topological polar surface area (TPSA) is 58.4 Å². The van der Waals surface area contributed by atoms with Gasteiger partial charge in [0.25, 0.3) is 0 Å². The summed E-state index contributed by atoms with van der Waals surface area (Å²) in [7, 11) is 0. The molecule has 2 rings (SSSR count). The number of piperidine rings is 1. The maximum absolute atomic E-state index is 11.9. The fourth-order valence-corrected chi connectivity index (χ4v) is 2.85. The number of likely N-dealkylation sites (tertiary alicyclic amines) is 1. The van der Waals surface area contributed by atoms with Crippen molar-refractivity contribution in [3.05, 3.63) is 29.8 Å². The molecule has 1 amide bonds. The maximum atomic E-state index is 11.9. The van der Waals surface area contributed by atoms with Crippen LogP contribution in [0.15, 0.2) is 24.3 Å². The summed E-state index contributed by atoms with van der Waals surface area (Å²) in [5, 5.41) is 2.89. The quantitative estimate of drug-likeness (QED) is 0.849. The molecule has 3 N–H and O–H groups in total. The van der Waals surface area contributed by atoms with Crippen molar-refractivity contribution in [2.45, 2.75) is 52.1 Å². The van der Waals surface area contributed by atoms with Crippen LogP contribution in [0.1, 0.15) is 45.1 Å². The van der Waals surface area contributed by atoms with E-state index < -0.39 is 6.04 Å². The van der Waals surface area contributed by atoms with Gasteiger partial charge in [0.05, 0.1) is 6.04 Å². The summed E-state index contributed by atoms with van der Waals surface area (Å²) in [6.07, 6.45) is 4.23. The molecule has 1 atom stereocenters. The van der Waals surface area contributed by atoms with E-state index in [1.54, 1.807) is 0 Å². The zero-order chi connectivity index (χ0) is 15.9. The highest BCUT2D eigenvalue weighted by molar-refractivity contribution is 5.94. The number of nitrogens with two attached hydrogens (primary N) is 1. The Morgan fingerprint density at radius 2 is 1.95 bits per heavy atom. The van der Waals surface area contributed by atoms with E-state index in [2.05, 4.69) is 29.3 Å². The van der Waals surface area contributed by atoms with Gasteiger partial charge in [-0.2, -0.15) is 0 Å². The molecule has 1 heterocycles. The van der Waals surface area contributed by atoms with Gasteiger partial charge in [0.15, 0.2) is 0 Å². The van der Waals surface area contributed by atoms with Crippen molar-refractivity contribution in [1.82, 2.24) is 4.90 Å². The van der Waals surface area contributed by atoms with E-state index in [4.69, 9.17) is 5.73 Å². The van der Waals surface area contributed by atoms with Crippen LogP contribution in [0, 0.1) is 5.92 Å². The summed E-state index contributed by atoms with van der Waals surface area (Å²) in [5.41, 5.74) is 7.94. The van der Waals surface area contributed by atoms with Crippen molar-refractivity contribution in [1.29, 1.82) is 0 Å². The minimum Gasteiger partial charge on any atom is -0.325 e. The van der Waals surface area contributed by atoms with E-state index in [9.17, 15) is 4.79 Å². The average molecular weight is 303 g/mol. The highest BCUT2D eigenvalue weighted by atomic mass is 16.2. The third-order valence-corrected chi connectivity index (χ3v) is 4.44. The van der Waals surface area contributed by atoms with Crippen molar-refractivity contribution < 1.29 is 4.79 Å². The van der Waals surface area contributed by atoms with Gasteiger partial charge in [0.1, 0.15) is 0 Å². The Kier molecular flexibility index (Phi) is 6.40. The molecule has 0 spiro atoms.